The Morgan fingerprint density at radius 3 is 2.57 bits per heavy atom. The van der Waals surface area contributed by atoms with Gasteiger partial charge < -0.3 is 19.0 Å². The number of piperazine rings is 1. The van der Waals surface area contributed by atoms with E-state index in [0.29, 0.717) is 37.8 Å². The van der Waals surface area contributed by atoms with Gasteiger partial charge in [-0.15, -0.1) is 0 Å². The van der Waals surface area contributed by atoms with Gasteiger partial charge in [-0.1, -0.05) is 0 Å². The molecule has 23 heavy (non-hydrogen) atoms. The number of carbonyl (C=O) groups is 1. The van der Waals surface area contributed by atoms with Crippen molar-refractivity contribution in [3.8, 4) is 0 Å². The van der Waals surface area contributed by atoms with E-state index in [9.17, 15) is 9.18 Å². The van der Waals surface area contributed by atoms with Crippen LogP contribution in [0.5, 0.6) is 0 Å². The largest absolute Gasteiger partial charge is 0.444 e. The molecule has 0 unspecified atom stereocenters. The van der Waals surface area contributed by atoms with E-state index < -0.39 is 11.5 Å². The van der Waals surface area contributed by atoms with E-state index >= 15 is 0 Å². The van der Waals surface area contributed by atoms with Crippen LogP contribution in [0.25, 0.3) is 11.2 Å². The van der Waals surface area contributed by atoms with E-state index in [1.165, 1.54) is 12.1 Å². The maximum absolute atomic E-state index is 13.1. The molecule has 0 spiro atoms. The molecule has 0 N–H and O–H groups in total. The number of anilines is 1. The highest BCUT2D eigenvalue weighted by Gasteiger charge is 2.27. The minimum absolute atomic E-state index is 0.245. The minimum atomic E-state index is -0.591. The summed E-state index contributed by atoms with van der Waals surface area (Å²) in [4.78, 5) is 23.5. The molecule has 124 valence electrons. The van der Waals surface area contributed by atoms with E-state index in [2.05, 4.69) is 9.97 Å². The van der Waals surface area contributed by atoms with Crippen LogP contribution in [0.3, 0.4) is 0 Å². The molecule has 1 saturated heterocycles. The Balaban J connectivity index is 1.65. The fourth-order valence-corrected chi connectivity index (χ4v) is 2.33. The van der Waals surface area contributed by atoms with Gasteiger partial charge in [-0.2, -0.15) is 14.4 Å². The summed E-state index contributed by atoms with van der Waals surface area (Å²) in [6.07, 6.45) is -0.321. The van der Waals surface area contributed by atoms with Crippen molar-refractivity contribution in [2.75, 3.05) is 31.1 Å². The zero-order chi connectivity index (χ0) is 16.6. The van der Waals surface area contributed by atoms with Crippen LogP contribution >= 0.6 is 0 Å². The van der Waals surface area contributed by atoms with Gasteiger partial charge in [-0.3, -0.25) is 0 Å². The number of hydrogen-bond donors (Lipinski definition) is 0. The lowest BCUT2D eigenvalue weighted by Crippen LogP contribution is -2.50. The highest BCUT2D eigenvalue weighted by Crippen LogP contribution is 2.22. The van der Waals surface area contributed by atoms with Crippen molar-refractivity contribution in [1.29, 1.82) is 0 Å². The molecule has 2 aromatic heterocycles. The number of aromatic nitrogens is 2. The Hall–Kier alpha value is -2.38. The number of pyridine rings is 1. The molecule has 1 aliphatic heterocycles. The van der Waals surface area contributed by atoms with E-state index in [1.807, 2.05) is 25.7 Å². The lowest BCUT2D eigenvalue weighted by molar-refractivity contribution is 0.0239. The molecule has 3 heterocycles. The molecule has 0 bridgehead atoms. The lowest BCUT2D eigenvalue weighted by Gasteiger charge is -2.34. The third-order valence-corrected chi connectivity index (χ3v) is 3.41. The Bertz CT molecular complexity index is 717. The first kappa shape index (κ1) is 15.5. The van der Waals surface area contributed by atoms with Gasteiger partial charge in [0.25, 0.3) is 6.01 Å². The topological polar surface area (TPSA) is 71.7 Å². The van der Waals surface area contributed by atoms with E-state index in [4.69, 9.17) is 9.15 Å². The molecule has 1 fully saturated rings. The summed E-state index contributed by atoms with van der Waals surface area (Å²) >= 11 is 0. The Morgan fingerprint density at radius 2 is 1.91 bits per heavy atom. The Labute approximate surface area is 133 Å². The summed E-state index contributed by atoms with van der Waals surface area (Å²) in [7, 11) is 0. The zero-order valence-electron chi connectivity index (χ0n) is 13.4. The molecule has 0 aromatic carbocycles. The molecule has 7 nitrogen and oxygen atoms in total. The summed E-state index contributed by atoms with van der Waals surface area (Å²) < 4.78 is 24.0. The second-order valence-corrected chi connectivity index (χ2v) is 6.41. The summed E-state index contributed by atoms with van der Waals surface area (Å²) in [5, 5.41) is 0. The number of rotatable bonds is 1. The quantitative estimate of drug-likeness (QED) is 0.751. The molecule has 1 aliphatic rings. The van der Waals surface area contributed by atoms with Gasteiger partial charge in [0.1, 0.15) is 5.60 Å². The normalized spacial score (nSPS) is 16.0. The van der Waals surface area contributed by atoms with Crippen molar-refractivity contribution in [1.82, 2.24) is 14.9 Å². The highest BCUT2D eigenvalue weighted by atomic mass is 19.1. The number of oxazole rings is 1. The molecule has 0 radical (unpaired) electrons. The molecule has 3 rings (SSSR count). The van der Waals surface area contributed by atoms with Crippen molar-refractivity contribution < 1.29 is 18.3 Å². The van der Waals surface area contributed by atoms with Gasteiger partial charge in [-0.25, -0.2) is 4.79 Å². The zero-order valence-corrected chi connectivity index (χ0v) is 13.4. The first-order valence-corrected chi connectivity index (χ1v) is 7.48. The van der Waals surface area contributed by atoms with Crippen molar-refractivity contribution >= 4 is 23.3 Å². The predicted molar refractivity (Wildman–Crippen MR) is 81.8 cm³/mol. The van der Waals surface area contributed by atoms with E-state index in [0.717, 1.165) is 0 Å². The van der Waals surface area contributed by atoms with Crippen molar-refractivity contribution in [3.63, 3.8) is 0 Å². The monoisotopic (exact) mass is 322 g/mol. The second kappa shape index (κ2) is 5.68. The van der Waals surface area contributed by atoms with Crippen LogP contribution in [0.1, 0.15) is 20.8 Å². The average molecular weight is 322 g/mol. The van der Waals surface area contributed by atoms with Crippen molar-refractivity contribution in [3.05, 3.63) is 18.1 Å². The third-order valence-electron chi connectivity index (χ3n) is 3.41. The molecule has 8 heteroatoms. The van der Waals surface area contributed by atoms with Crippen LogP contribution in [-0.4, -0.2) is 52.7 Å². The van der Waals surface area contributed by atoms with Gasteiger partial charge in [0.15, 0.2) is 5.58 Å². The number of fused-ring (bicyclic) bond motifs is 1. The van der Waals surface area contributed by atoms with Crippen molar-refractivity contribution in [2.45, 2.75) is 26.4 Å². The van der Waals surface area contributed by atoms with Gasteiger partial charge >= 0.3 is 6.09 Å². The van der Waals surface area contributed by atoms with E-state index in [1.54, 1.807) is 4.90 Å². The summed E-state index contributed by atoms with van der Waals surface area (Å²) in [5.74, 6) is -0.591. The summed E-state index contributed by atoms with van der Waals surface area (Å²) in [5.41, 5.74) is 0.176. The second-order valence-electron chi connectivity index (χ2n) is 6.41. The standard InChI is InChI=1S/C15H19FN4O3/c1-15(2,3)23-14(21)20-8-6-19(7-9-20)13-18-12-10(22-13)4-5-11(16)17-12/h4-5H,6-9H2,1-3H3. The molecule has 0 saturated carbocycles. The van der Waals surface area contributed by atoms with Gasteiger partial charge in [0.2, 0.25) is 11.6 Å². The van der Waals surface area contributed by atoms with Gasteiger partial charge in [0.05, 0.1) is 0 Å². The third kappa shape index (κ3) is 3.52. The Kier molecular flexibility index (Phi) is 3.83. The lowest BCUT2D eigenvalue weighted by atomic mass is 10.2. The molecule has 2 aromatic rings. The minimum Gasteiger partial charge on any atom is -0.444 e. The molecular formula is C15H19FN4O3. The van der Waals surface area contributed by atoms with Gasteiger partial charge in [0, 0.05) is 26.2 Å². The predicted octanol–water partition coefficient (Wildman–Crippen LogP) is 2.42. The van der Waals surface area contributed by atoms with Crippen LogP contribution in [0.4, 0.5) is 15.2 Å². The van der Waals surface area contributed by atoms with Crippen LogP contribution in [0.2, 0.25) is 0 Å². The number of nitrogens with zero attached hydrogens (tertiary/aromatic N) is 4. The van der Waals surface area contributed by atoms with Crippen molar-refractivity contribution in [2.24, 2.45) is 0 Å². The van der Waals surface area contributed by atoms with Crippen LogP contribution in [0, 0.1) is 5.95 Å². The first-order valence-electron chi connectivity index (χ1n) is 7.48. The fourth-order valence-electron chi connectivity index (χ4n) is 2.33. The number of ether oxygens (including phenoxy) is 1. The smallest absolute Gasteiger partial charge is 0.410 e. The van der Waals surface area contributed by atoms with E-state index in [-0.39, 0.29) is 11.7 Å². The summed E-state index contributed by atoms with van der Waals surface area (Å²) in [6, 6.07) is 3.13. The summed E-state index contributed by atoms with van der Waals surface area (Å²) in [6.45, 7) is 7.66. The maximum atomic E-state index is 13.1. The number of amides is 1. The number of halogens is 1. The Morgan fingerprint density at radius 1 is 1.22 bits per heavy atom. The maximum Gasteiger partial charge on any atom is 0.410 e. The molecular weight excluding hydrogens is 303 g/mol. The molecule has 0 aliphatic carbocycles. The molecule has 1 amide bonds. The first-order chi connectivity index (χ1) is 10.8. The van der Waals surface area contributed by atoms with Gasteiger partial charge in [-0.05, 0) is 32.9 Å². The SMILES string of the molecule is CC(C)(C)OC(=O)N1CCN(c2nc3nc(F)ccc3o2)CC1. The molecule has 0 atom stereocenters. The highest BCUT2D eigenvalue weighted by molar-refractivity contribution is 5.70. The average Bonchev–Trinajstić information content (AvgIpc) is 2.88. The number of hydrogen-bond acceptors (Lipinski definition) is 6. The number of carbonyl (C=O) groups excluding carboxylic acids is 1. The fraction of sp³-hybridized carbons (Fsp3) is 0.533. The van der Waals surface area contributed by atoms with Crippen LogP contribution < -0.4 is 4.90 Å². The van der Waals surface area contributed by atoms with Crippen LogP contribution in [0.15, 0.2) is 16.5 Å². The van der Waals surface area contributed by atoms with Crippen LogP contribution in [-0.2, 0) is 4.74 Å².